The zero-order valence-corrected chi connectivity index (χ0v) is 10.6. The highest BCUT2D eigenvalue weighted by atomic mass is 15.0. The maximum Gasteiger partial charge on any atom is 0.0952 e. The third kappa shape index (κ3) is 1.62. The summed E-state index contributed by atoms with van der Waals surface area (Å²) in [6, 6.07) is 8.33. The monoisotopic (exact) mass is 240 g/mol. The van der Waals surface area contributed by atoms with Gasteiger partial charge in [0, 0.05) is 36.3 Å². The number of benzene rings is 1. The minimum atomic E-state index is 0.773. The molecule has 0 fully saturated rings. The second-order valence-electron chi connectivity index (χ2n) is 4.43. The van der Waals surface area contributed by atoms with Crippen LogP contribution in [0.3, 0.4) is 0 Å². The van der Waals surface area contributed by atoms with Crippen molar-refractivity contribution in [2.45, 2.75) is 6.54 Å². The van der Waals surface area contributed by atoms with E-state index in [0.717, 1.165) is 17.8 Å². The van der Waals surface area contributed by atoms with E-state index in [4.69, 9.17) is 0 Å². The van der Waals surface area contributed by atoms with Crippen LogP contribution in [0.15, 0.2) is 36.8 Å². The second-order valence-corrected chi connectivity index (χ2v) is 4.43. The van der Waals surface area contributed by atoms with E-state index in [9.17, 15) is 0 Å². The summed E-state index contributed by atoms with van der Waals surface area (Å²) in [5, 5.41) is 4.40. The summed E-state index contributed by atoms with van der Waals surface area (Å²) in [5.41, 5.74) is 4.60. The number of para-hydroxylation sites is 1. The molecule has 18 heavy (non-hydrogen) atoms. The molecule has 0 amide bonds. The summed E-state index contributed by atoms with van der Waals surface area (Å²) in [6.45, 7) is 0.773. The van der Waals surface area contributed by atoms with Gasteiger partial charge in [-0.15, -0.1) is 0 Å². The van der Waals surface area contributed by atoms with Crippen LogP contribution in [-0.2, 0) is 13.6 Å². The number of imidazole rings is 1. The molecule has 0 bridgehead atoms. The van der Waals surface area contributed by atoms with Gasteiger partial charge in [0.05, 0.1) is 17.7 Å². The molecule has 3 aromatic rings. The molecule has 0 aliphatic heterocycles. The normalized spacial score (nSPS) is 11.2. The molecule has 0 saturated carbocycles. The summed E-state index contributed by atoms with van der Waals surface area (Å²) in [7, 11) is 3.97. The third-order valence-corrected chi connectivity index (χ3v) is 3.20. The van der Waals surface area contributed by atoms with Crippen LogP contribution >= 0.6 is 0 Å². The Labute approximate surface area is 106 Å². The van der Waals surface area contributed by atoms with Crippen molar-refractivity contribution in [3.05, 3.63) is 42.5 Å². The Morgan fingerprint density at radius 3 is 3.00 bits per heavy atom. The van der Waals surface area contributed by atoms with E-state index < -0.39 is 0 Å². The molecule has 0 radical (unpaired) electrons. The molecule has 0 unspecified atom stereocenters. The van der Waals surface area contributed by atoms with Crippen LogP contribution in [-0.4, -0.2) is 21.6 Å². The summed E-state index contributed by atoms with van der Waals surface area (Å²) >= 11 is 0. The Balaban J connectivity index is 2.22. The van der Waals surface area contributed by atoms with Gasteiger partial charge in [0.2, 0.25) is 0 Å². The van der Waals surface area contributed by atoms with Crippen molar-refractivity contribution in [3.8, 4) is 11.3 Å². The van der Waals surface area contributed by atoms with Gasteiger partial charge in [0.25, 0.3) is 0 Å². The maximum absolute atomic E-state index is 4.45. The Hall–Kier alpha value is -2.07. The summed E-state index contributed by atoms with van der Waals surface area (Å²) in [5.74, 6) is 0. The van der Waals surface area contributed by atoms with E-state index in [1.54, 1.807) is 0 Å². The number of aromatic nitrogens is 3. The molecule has 0 atom stereocenters. The maximum atomic E-state index is 4.45. The van der Waals surface area contributed by atoms with Crippen LogP contribution in [0.2, 0.25) is 0 Å². The zero-order chi connectivity index (χ0) is 12.5. The fourth-order valence-electron chi connectivity index (χ4n) is 2.39. The van der Waals surface area contributed by atoms with Crippen molar-refractivity contribution in [2.24, 2.45) is 7.05 Å². The standard InChI is InChI=1S/C14H16N4/c1-15-8-13-14(18(2)9-17-13)11-7-16-12-6-4-3-5-10(11)12/h3-7,9,15-16H,8H2,1-2H3. The Morgan fingerprint density at radius 2 is 2.17 bits per heavy atom. The van der Waals surface area contributed by atoms with Gasteiger partial charge in [0.1, 0.15) is 0 Å². The number of aryl methyl sites for hydroxylation is 1. The molecule has 4 nitrogen and oxygen atoms in total. The topological polar surface area (TPSA) is 45.6 Å². The largest absolute Gasteiger partial charge is 0.360 e. The van der Waals surface area contributed by atoms with Gasteiger partial charge in [-0.2, -0.15) is 0 Å². The van der Waals surface area contributed by atoms with E-state index in [0.29, 0.717) is 0 Å². The number of rotatable bonds is 3. The molecule has 2 aromatic heterocycles. The first-order valence-corrected chi connectivity index (χ1v) is 6.02. The lowest BCUT2D eigenvalue weighted by atomic mass is 10.1. The Kier molecular flexibility index (Phi) is 2.64. The van der Waals surface area contributed by atoms with Crippen molar-refractivity contribution in [2.75, 3.05) is 7.05 Å². The van der Waals surface area contributed by atoms with Crippen LogP contribution < -0.4 is 5.32 Å². The van der Waals surface area contributed by atoms with E-state index in [-0.39, 0.29) is 0 Å². The van der Waals surface area contributed by atoms with Crippen molar-refractivity contribution in [3.63, 3.8) is 0 Å². The van der Waals surface area contributed by atoms with Crippen molar-refractivity contribution in [1.29, 1.82) is 0 Å². The van der Waals surface area contributed by atoms with E-state index in [1.165, 1.54) is 16.6 Å². The summed E-state index contributed by atoms with van der Waals surface area (Å²) < 4.78 is 2.07. The molecule has 0 spiro atoms. The average Bonchev–Trinajstić information content (AvgIpc) is 2.94. The first-order chi connectivity index (χ1) is 8.81. The van der Waals surface area contributed by atoms with Crippen molar-refractivity contribution in [1.82, 2.24) is 19.9 Å². The van der Waals surface area contributed by atoms with E-state index in [1.807, 2.05) is 26.5 Å². The van der Waals surface area contributed by atoms with Crippen LogP contribution in [0.25, 0.3) is 22.2 Å². The van der Waals surface area contributed by atoms with Gasteiger partial charge in [-0.05, 0) is 13.1 Å². The van der Waals surface area contributed by atoms with Gasteiger partial charge in [0.15, 0.2) is 0 Å². The Morgan fingerprint density at radius 1 is 1.33 bits per heavy atom. The lowest BCUT2D eigenvalue weighted by Crippen LogP contribution is -2.07. The van der Waals surface area contributed by atoms with Crippen LogP contribution in [0, 0.1) is 0 Å². The number of H-pyrrole nitrogens is 1. The Bertz CT molecular complexity index is 678. The number of fused-ring (bicyclic) bond motifs is 1. The van der Waals surface area contributed by atoms with Gasteiger partial charge in [-0.25, -0.2) is 4.98 Å². The lowest BCUT2D eigenvalue weighted by molar-refractivity contribution is 0.798. The fraction of sp³-hybridized carbons (Fsp3) is 0.214. The number of aromatic amines is 1. The molecule has 2 heterocycles. The first kappa shape index (κ1) is 11.0. The minimum Gasteiger partial charge on any atom is -0.360 e. The predicted molar refractivity (Wildman–Crippen MR) is 73.3 cm³/mol. The van der Waals surface area contributed by atoms with Gasteiger partial charge < -0.3 is 14.9 Å². The molecule has 1 aromatic carbocycles. The minimum absolute atomic E-state index is 0.773. The lowest BCUT2D eigenvalue weighted by Gasteiger charge is -2.05. The molecule has 2 N–H and O–H groups in total. The summed E-state index contributed by atoms with van der Waals surface area (Å²) in [4.78, 5) is 7.77. The van der Waals surface area contributed by atoms with E-state index >= 15 is 0 Å². The van der Waals surface area contributed by atoms with Crippen molar-refractivity contribution < 1.29 is 0 Å². The highest BCUT2D eigenvalue weighted by molar-refractivity contribution is 5.95. The molecule has 0 saturated heterocycles. The fourth-order valence-corrected chi connectivity index (χ4v) is 2.39. The number of nitrogens with zero attached hydrogens (tertiary/aromatic N) is 2. The molecule has 92 valence electrons. The summed E-state index contributed by atoms with van der Waals surface area (Å²) in [6.07, 6.45) is 3.92. The average molecular weight is 240 g/mol. The van der Waals surface area contributed by atoms with Crippen LogP contribution in [0.5, 0.6) is 0 Å². The quantitative estimate of drug-likeness (QED) is 0.737. The number of nitrogens with one attached hydrogen (secondary N) is 2. The SMILES string of the molecule is CNCc1ncn(C)c1-c1c[nH]c2ccccc12. The second kappa shape index (κ2) is 4.31. The molecule has 0 aliphatic carbocycles. The number of hydrogen-bond donors (Lipinski definition) is 2. The molecular formula is C14H16N4. The van der Waals surface area contributed by atoms with Crippen LogP contribution in [0.4, 0.5) is 0 Å². The molecule has 0 aliphatic rings. The van der Waals surface area contributed by atoms with Gasteiger partial charge in [-0.3, -0.25) is 0 Å². The van der Waals surface area contributed by atoms with E-state index in [2.05, 4.69) is 44.2 Å². The first-order valence-electron chi connectivity index (χ1n) is 6.02. The smallest absolute Gasteiger partial charge is 0.0952 e. The molecule has 3 rings (SSSR count). The van der Waals surface area contributed by atoms with Crippen molar-refractivity contribution >= 4 is 10.9 Å². The van der Waals surface area contributed by atoms with Gasteiger partial charge in [-0.1, -0.05) is 18.2 Å². The van der Waals surface area contributed by atoms with Crippen LogP contribution in [0.1, 0.15) is 5.69 Å². The molecular weight excluding hydrogens is 224 g/mol. The van der Waals surface area contributed by atoms with Gasteiger partial charge >= 0.3 is 0 Å². The zero-order valence-electron chi connectivity index (χ0n) is 10.6. The third-order valence-electron chi connectivity index (χ3n) is 3.20. The highest BCUT2D eigenvalue weighted by Crippen LogP contribution is 2.30. The molecule has 4 heteroatoms. The highest BCUT2D eigenvalue weighted by Gasteiger charge is 2.14. The predicted octanol–water partition coefficient (Wildman–Crippen LogP) is 2.29. The number of hydrogen-bond acceptors (Lipinski definition) is 2.